The predicted octanol–water partition coefficient (Wildman–Crippen LogP) is 2.17. The number of nitrogen functional groups attached to an aromatic ring is 1. The van der Waals surface area contributed by atoms with Gasteiger partial charge in [0.2, 0.25) is 0 Å². The van der Waals surface area contributed by atoms with E-state index in [-0.39, 0.29) is 11.4 Å². The highest BCUT2D eigenvalue weighted by Gasteiger charge is 2.34. The third-order valence-electron chi connectivity index (χ3n) is 2.40. The summed E-state index contributed by atoms with van der Waals surface area (Å²) < 4.78 is 39.2. The van der Waals surface area contributed by atoms with Gasteiger partial charge in [-0.25, -0.2) is 9.48 Å². The average Bonchev–Trinajstić information content (AvgIpc) is 2.70. The van der Waals surface area contributed by atoms with Crippen LogP contribution in [-0.2, 0) is 6.18 Å². The van der Waals surface area contributed by atoms with Gasteiger partial charge in [0.05, 0.1) is 23.1 Å². The Bertz CT molecular complexity index is 634. The maximum atomic E-state index is 12.8. The van der Waals surface area contributed by atoms with Crippen molar-refractivity contribution in [3.63, 3.8) is 0 Å². The minimum absolute atomic E-state index is 0.204. The van der Waals surface area contributed by atoms with E-state index in [0.29, 0.717) is 0 Å². The lowest BCUT2D eigenvalue weighted by Crippen LogP contribution is -2.11. The molecular formula is C11H8F3N3O2. The van der Waals surface area contributed by atoms with E-state index in [1.807, 2.05) is 0 Å². The fraction of sp³-hybridized carbons (Fsp3) is 0.0909. The monoisotopic (exact) mass is 271 g/mol. The van der Waals surface area contributed by atoms with Crippen LogP contribution in [0.1, 0.15) is 16.1 Å². The van der Waals surface area contributed by atoms with Crippen molar-refractivity contribution < 1.29 is 23.1 Å². The molecule has 0 fully saturated rings. The molecule has 19 heavy (non-hydrogen) atoms. The van der Waals surface area contributed by atoms with Crippen LogP contribution >= 0.6 is 0 Å². The normalized spacial score (nSPS) is 11.5. The van der Waals surface area contributed by atoms with E-state index in [1.165, 1.54) is 18.2 Å². The number of aromatic carboxylic acids is 1. The van der Waals surface area contributed by atoms with Gasteiger partial charge in [0.15, 0.2) is 5.69 Å². The lowest BCUT2D eigenvalue weighted by molar-refractivity contribution is -0.137. The van der Waals surface area contributed by atoms with Gasteiger partial charge in [0.25, 0.3) is 0 Å². The molecule has 1 heterocycles. The molecule has 0 unspecified atom stereocenters. The first-order valence-corrected chi connectivity index (χ1v) is 5.05. The summed E-state index contributed by atoms with van der Waals surface area (Å²) in [6.45, 7) is 0. The fourth-order valence-electron chi connectivity index (χ4n) is 1.59. The lowest BCUT2D eigenvalue weighted by atomic mass is 10.2. The van der Waals surface area contributed by atoms with Crippen LogP contribution in [0.5, 0.6) is 0 Å². The third-order valence-corrected chi connectivity index (χ3v) is 2.40. The molecule has 0 saturated heterocycles. The molecule has 0 atom stereocenters. The van der Waals surface area contributed by atoms with E-state index in [9.17, 15) is 18.0 Å². The van der Waals surface area contributed by atoms with Crippen molar-refractivity contribution in [2.75, 3.05) is 5.73 Å². The van der Waals surface area contributed by atoms with E-state index in [4.69, 9.17) is 10.8 Å². The number of benzene rings is 1. The first-order valence-electron chi connectivity index (χ1n) is 5.05. The Labute approximate surface area is 105 Å². The Morgan fingerprint density at radius 1 is 1.32 bits per heavy atom. The first-order chi connectivity index (χ1) is 8.80. The summed E-state index contributed by atoms with van der Waals surface area (Å²) >= 11 is 0. The highest BCUT2D eigenvalue weighted by Crippen LogP contribution is 2.33. The van der Waals surface area contributed by atoms with Crippen LogP contribution in [0.2, 0.25) is 0 Å². The predicted molar refractivity (Wildman–Crippen MR) is 59.9 cm³/mol. The van der Waals surface area contributed by atoms with Gasteiger partial charge in [-0.1, -0.05) is 12.1 Å². The second kappa shape index (κ2) is 4.30. The van der Waals surface area contributed by atoms with E-state index in [1.54, 1.807) is 0 Å². The highest BCUT2D eigenvalue weighted by atomic mass is 19.4. The van der Waals surface area contributed by atoms with Gasteiger partial charge in [-0.3, -0.25) is 0 Å². The highest BCUT2D eigenvalue weighted by molar-refractivity contribution is 5.91. The maximum Gasteiger partial charge on any atom is 0.418 e. The zero-order valence-corrected chi connectivity index (χ0v) is 9.35. The molecule has 1 aromatic heterocycles. The summed E-state index contributed by atoms with van der Waals surface area (Å²) in [6.07, 6.45) is -3.53. The van der Waals surface area contributed by atoms with Crippen molar-refractivity contribution >= 4 is 11.7 Å². The zero-order chi connectivity index (χ0) is 14.2. The third kappa shape index (κ3) is 2.37. The Kier molecular flexibility index (Phi) is 2.93. The lowest BCUT2D eigenvalue weighted by Gasteiger charge is -2.12. The van der Waals surface area contributed by atoms with E-state index in [0.717, 1.165) is 16.9 Å². The van der Waals surface area contributed by atoms with E-state index >= 15 is 0 Å². The molecule has 0 radical (unpaired) electrons. The van der Waals surface area contributed by atoms with Crippen LogP contribution in [0.3, 0.4) is 0 Å². The standard InChI is InChI=1S/C11H8F3N3O2/c12-11(13,14)6-3-1-2-4-8(6)17-5-7(15)9(16-17)10(18)19/h1-5H,15H2,(H,18,19). The van der Waals surface area contributed by atoms with Crippen LogP contribution in [0, 0.1) is 0 Å². The number of rotatable bonds is 2. The Morgan fingerprint density at radius 2 is 1.95 bits per heavy atom. The second-order valence-electron chi connectivity index (χ2n) is 3.70. The Hall–Kier alpha value is -2.51. The summed E-state index contributed by atoms with van der Waals surface area (Å²) in [4.78, 5) is 10.8. The number of carboxylic acid groups (broad SMARTS) is 1. The van der Waals surface area contributed by atoms with Crippen LogP contribution < -0.4 is 5.73 Å². The Balaban J connectivity index is 2.60. The van der Waals surface area contributed by atoms with Gasteiger partial charge < -0.3 is 10.8 Å². The number of para-hydroxylation sites is 1. The van der Waals surface area contributed by atoms with Crippen molar-refractivity contribution in [1.29, 1.82) is 0 Å². The molecule has 3 N–H and O–H groups in total. The van der Waals surface area contributed by atoms with E-state index in [2.05, 4.69) is 5.10 Å². The largest absolute Gasteiger partial charge is 0.476 e. The van der Waals surface area contributed by atoms with Crippen molar-refractivity contribution in [2.24, 2.45) is 0 Å². The fourth-order valence-corrected chi connectivity index (χ4v) is 1.59. The van der Waals surface area contributed by atoms with Crippen LogP contribution in [0.15, 0.2) is 30.5 Å². The van der Waals surface area contributed by atoms with Crippen LogP contribution in [-0.4, -0.2) is 20.9 Å². The summed E-state index contributed by atoms with van der Waals surface area (Å²) in [6, 6.07) is 4.69. The number of nitrogens with zero attached hydrogens (tertiary/aromatic N) is 2. The summed E-state index contributed by atoms with van der Waals surface area (Å²) in [7, 11) is 0. The van der Waals surface area contributed by atoms with Crippen LogP contribution in [0.25, 0.3) is 5.69 Å². The van der Waals surface area contributed by atoms with Crippen molar-refractivity contribution in [3.8, 4) is 5.69 Å². The Morgan fingerprint density at radius 3 is 2.47 bits per heavy atom. The number of anilines is 1. The molecule has 8 heteroatoms. The number of halogens is 3. The molecule has 5 nitrogen and oxygen atoms in total. The number of carbonyl (C=O) groups is 1. The number of alkyl halides is 3. The van der Waals surface area contributed by atoms with E-state index < -0.39 is 23.4 Å². The number of hydrogen-bond donors (Lipinski definition) is 2. The molecule has 2 rings (SSSR count). The second-order valence-corrected chi connectivity index (χ2v) is 3.70. The number of hydrogen-bond acceptors (Lipinski definition) is 3. The van der Waals surface area contributed by atoms with Gasteiger partial charge in [-0.2, -0.15) is 18.3 Å². The number of nitrogens with two attached hydrogens (primary N) is 1. The van der Waals surface area contributed by atoms with Gasteiger partial charge in [-0.15, -0.1) is 0 Å². The smallest absolute Gasteiger partial charge is 0.418 e. The molecule has 1 aromatic carbocycles. The average molecular weight is 271 g/mol. The van der Waals surface area contributed by atoms with Gasteiger partial charge >= 0.3 is 12.1 Å². The molecule has 2 aromatic rings. The summed E-state index contributed by atoms with van der Waals surface area (Å²) in [5.74, 6) is -1.40. The van der Waals surface area contributed by atoms with Crippen LogP contribution in [0.4, 0.5) is 18.9 Å². The molecule has 0 aliphatic rings. The molecular weight excluding hydrogens is 263 g/mol. The SMILES string of the molecule is Nc1cn(-c2ccccc2C(F)(F)F)nc1C(=O)O. The molecule has 0 bridgehead atoms. The molecule has 0 aliphatic heterocycles. The molecule has 0 saturated carbocycles. The zero-order valence-electron chi connectivity index (χ0n) is 9.35. The summed E-state index contributed by atoms with van der Waals surface area (Å²) in [5.41, 5.74) is 3.50. The number of aromatic nitrogens is 2. The topological polar surface area (TPSA) is 81.1 Å². The molecule has 0 amide bonds. The quantitative estimate of drug-likeness (QED) is 0.877. The number of carboxylic acids is 1. The molecule has 0 aliphatic carbocycles. The first kappa shape index (κ1) is 12.9. The minimum Gasteiger partial charge on any atom is -0.476 e. The van der Waals surface area contributed by atoms with Crippen molar-refractivity contribution in [3.05, 3.63) is 41.7 Å². The molecule has 0 spiro atoms. The van der Waals surface area contributed by atoms with Gasteiger partial charge in [-0.05, 0) is 12.1 Å². The maximum absolute atomic E-state index is 12.8. The van der Waals surface area contributed by atoms with Gasteiger partial charge in [0, 0.05) is 0 Å². The minimum atomic E-state index is -4.57. The van der Waals surface area contributed by atoms with Gasteiger partial charge in [0.1, 0.15) is 0 Å². The van der Waals surface area contributed by atoms with Crippen molar-refractivity contribution in [2.45, 2.75) is 6.18 Å². The van der Waals surface area contributed by atoms with Crippen molar-refractivity contribution in [1.82, 2.24) is 9.78 Å². The molecule has 100 valence electrons. The summed E-state index contributed by atoms with van der Waals surface area (Å²) in [5, 5.41) is 12.3.